The molecule has 2 atom stereocenters. The second-order valence-electron chi connectivity index (χ2n) is 20.1. The first kappa shape index (κ1) is 72.5. The minimum atomic E-state index is -1.08. The van der Waals surface area contributed by atoms with Crippen LogP contribution in [0, 0.1) is 11.8 Å². The van der Waals surface area contributed by atoms with E-state index in [0.717, 1.165) is 22.4 Å². The predicted molar refractivity (Wildman–Crippen MR) is 317 cm³/mol. The molecule has 0 bridgehead atoms. The number of amides is 8. The Labute approximate surface area is 509 Å². The highest BCUT2D eigenvalue weighted by atomic mass is 16.7. The van der Waals surface area contributed by atoms with Crippen molar-refractivity contribution in [3.8, 4) is 11.8 Å². The van der Waals surface area contributed by atoms with Gasteiger partial charge in [-0.3, -0.25) is 38.4 Å². The average molecular weight is 1220 g/mol. The van der Waals surface area contributed by atoms with Gasteiger partial charge in [0.25, 0.3) is 11.8 Å². The lowest BCUT2D eigenvalue weighted by Crippen LogP contribution is -2.48. The van der Waals surface area contributed by atoms with Gasteiger partial charge in [-0.15, -0.1) is 5.06 Å². The zero-order valence-corrected chi connectivity index (χ0v) is 50.3. The smallest absolute Gasteiger partial charge is 0.333 e. The summed E-state index contributed by atoms with van der Waals surface area (Å²) < 4.78 is 43.2. The van der Waals surface area contributed by atoms with Gasteiger partial charge in [-0.25, -0.2) is 4.79 Å². The molecule has 26 nitrogen and oxygen atoms in total. The fourth-order valence-corrected chi connectivity index (χ4v) is 8.62. The molecule has 0 saturated carbocycles. The second-order valence-corrected chi connectivity index (χ2v) is 20.1. The van der Waals surface area contributed by atoms with Gasteiger partial charge in [-0.1, -0.05) is 42.2 Å². The summed E-state index contributed by atoms with van der Waals surface area (Å²) in [5.41, 5.74) is 8.99. The number of para-hydroxylation sites is 1. The van der Waals surface area contributed by atoms with Crippen molar-refractivity contribution < 1.29 is 85.9 Å². The number of imide groups is 1. The largest absolute Gasteiger partial charge is 0.382 e. The molecular formula is C61H90N8O18. The molecule has 2 aliphatic heterocycles. The molecule has 2 heterocycles. The standard InChI is InChI=1S/C61H90N8O18/c1-79-32-33-81-36-37-83-40-41-85-44-45-86-43-42-84-39-38-82-35-34-80-31-26-55(72)67-50(15-8-10-27-62)60(77)64-28-11-9-16-51(66-54(71)22-25-59(76)87-69-57(74)23-24-58(69)75)61(78)65-30-29-63-53(70)18-6-7-19-56(73)68-46-49-14-3-2-12-47(49)20-21-48-13-4-5-17-52(48)68/h2-5,12-14,17,50-51H,6-11,15-16,18-19,22-46,62H2,1H3,(H,63,70)(H,64,77)(H,65,78)(H,66,71)(H,67,72)/t50-,51-/m0/s1. The molecule has 4 rings (SSSR count). The molecule has 1 fully saturated rings. The summed E-state index contributed by atoms with van der Waals surface area (Å²) in [7, 11) is 1.62. The third kappa shape index (κ3) is 31.5. The molecule has 0 radical (unpaired) electrons. The van der Waals surface area contributed by atoms with Crippen LogP contribution in [0.2, 0.25) is 0 Å². The summed E-state index contributed by atoms with van der Waals surface area (Å²) in [5.74, 6) is 1.72. The first-order chi connectivity index (χ1) is 42.4. The molecule has 2 aromatic carbocycles. The Balaban J connectivity index is 1.11. The first-order valence-corrected chi connectivity index (χ1v) is 30.1. The van der Waals surface area contributed by atoms with E-state index in [2.05, 4.69) is 38.4 Å². The van der Waals surface area contributed by atoms with Crippen molar-refractivity contribution in [1.29, 1.82) is 0 Å². The number of hydrogen-bond acceptors (Lipinski definition) is 19. The van der Waals surface area contributed by atoms with Crippen LogP contribution in [0.25, 0.3) is 0 Å². The van der Waals surface area contributed by atoms with Gasteiger partial charge < -0.3 is 80.0 Å². The number of methoxy groups -OCH3 is 1. The van der Waals surface area contributed by atoms with Gasteiger partial charge in [0.2, 0.25) is 35.4 Å². The van der Waals surface area contributed by atoms with Crippen molar-refractivity contribution in [2.45, 2.75) is 115 Å². The number of carbonyl (C=O) groups is 9. The Morgan fingerprint density at radius 3 is 1.57 bits per heavy atom. The monoisotopic (exact) mass is 1220 g/mol. The summed E-state index contributed by atoms with van der Waals surface area (Å²) in [5, 5.41) is 14.1. The molecule has 7 N–H and O–H groups in total. The van der Waals surface area contributed by atoms with Gasteiger partial charge in [0.15, 0.2) is 0 Å². The zero-order valence-electron chi connectivity index (χ0n) is 50.3. The van der Waals surface area contributed by atoms with E-state index >= 15 is 0 Å². The third-order valence-corrected chi connectivity index (χ3v) is 13.3. The van der Waals surface area contributed by atoms with Crippen molar-refractivity contribution >= 4 is 58.9 Å². The second kappa shape index (κ2) is 45.4. The Morgan fingerprint density at radius 2 is 0.989 bits per heavy atom. The van der Waals surface area contributed by atoms with Crippen LogP contribution in [-0.2, 0) is 92.4 Å². The molecule has 482 valence electrons. The lowest BCUT2D eigenvalue weighted by molar-refractivity contribution is -0.197. The van der Waals surface area contributed by atoms with Crippen LogP contribution in [0.5, 0.6) is 0 Å². The van der Waals surface area contributed by atoms with E-state index in [-0.39, 0.29) is 89.1 Å². The van der Waals surface area contributed by atoms with Crippen LogP contribution in [0.3, 0.4) is 0 Å². The van der Waals surface area contributed by atoms with Crippen LogP contribution in [0.1, 0.15) is 113 Å². The van der Waals surface area contributed by atoms with E-state index in [1.165, 1.54) is 0 Å². The van der Waals surface area contributed by atoms with Gasteiger partial charge >= 0.3 is 5.97 Å². The molecule has 2 aromatic rings. The maximum Gasteiger partial charge on any atom is 0.333 e. The normalized spacial score (nSPS) is 13.3. The van der Waals surface area contributed by atoms with Gasteiger partial charge in [0.05, 0.1) is 118 Å². The Morgan fingerprint density at radius 1 is 0.506 bits per heavy atom. The van der Waals surface area contributed by atoms with E-state index in [4.69, 9.17) is 48.5 Å². The zero-order chi connectivity index (χ0) is 62.5. The average Bonchev–Trinajstić information content (AvgIpc) is 3.91. The lowest BCUT2D eigenvalue weighted by Gasteiger charge is -2.26. The highest BCUT2D eigenvalue weighted by Gasteiger charge is 2.33. The van der Waals surface area contributed by atoms with Gasteiger partial charge in [0.1, 0.15) is 12.1 Å². The number of hydrogen-bond donors (Lipinski definition) is 6. The molecule has 1 saturated heterocycles. The lowest BCUT2D eigenvalue weighted by atomic mass is 10.0. The maximum absolute atomic E-state index is 13.6. The van der Waals surface area contributed by atoms with Crippen LogP contribution >= 0.6 is 0 Å². The number of anilines is 1. The fourth-order valence-electron chi connectivity index (χ4n) is 8.62. The van der Waals surface area contributed by atoms with Crippen molar-refractivity contribution in [2.75, 3.05) is 137 Å². The third-order valence-electron chi connectivity index (χ3n) is 13.3. The van der Waals surface area contributed by atoms with Crippen molar-refractivity contribution in [3.63, 3.8) is 0 Å². The number of unbranched alkanes of at least 4 members (excludes halogenated alkanes) is 3. The predicted octanol–water partition coefficient (Wildman–Crippen LogP) is 1.65. The summed E-state index contributed by atoms with van der Waals surface area (Å²) in [4.78, 5) is 122. The SMILES string of the molecule is COCCOCCOCCOCCOCCOCCOCCOCCC(=O)N[C@@H](CCCCN)C(=O)NCCCC[C@H](NC(=O)CCC(=O)ON1C(=O)CCC1=O)C(=O)NCCNC(=O)CCCCC(=O)N1Cc2ccccc2C#Cc2ccccc21. The number of nitrogens with one attached hydrogen (secondary N) is 5. The van der Waals surface area contributed by atoms with Gasteiger partial charge in [-0.05, 0) is 81.7 Å². The van der Waals surface area contributed by atoms with Crippen molar-refractivity contribution in [3.05, 3.63) is 65.2 Å². The van der Waals surface area contributed by atoms with Crippen LogP contribution in [0.4, 0.5) is 5.69 Å². The summed E-state index contributed by atoms with van der Waals surface area (Å²) in [6.45, 7) is 7.21. The number of rotatable bonds is 49. The quantitative estimate of drug-likeness (QED) is 0.0312. The van der Waals surface area contributed by atoms with Gasteiger partial charge in [-0.2, -0.15) is 0 Å². The number of hydroxylamine groups is 2. The highest BCUT2D eigenvalue weighted by Crippen LogP contribution is 2.26. The molecule has 87 heavy (non-hydrogen) atoms. The summed E-state index contributed by atoms with van der Waals surface area (Å²) in [6, 6.07) is 13.3. The number of carbonyl (C=O) groups excluding carboxylic acids is 9. The van der Waals surface area contributed by atoms with Crippen LogP contribution in [-0.4, -0.2) is 203 Å². The molecule has 0 aromatic heterocycles. The van der Waals surface area contributed by atoms with Gasteiger partial charge in [0, 0.05) is 76.4 Å². The number of benzene rings is 2. The Kier molecular flexibility index (Phi) is 37.8. The Bertz CT molecular complexity index is 2480. The first-order valence-electron chi connectivity index (χ1n) is 30.1. The van der Waals surface area contributed by atoms with Crippen LogP contribution < -0.4 is 37.2 Å². The summed E-state index contributed by atoms with van der Waals surface area (Å²) in [6.07, 6.45) is 2.65. The minimum absolute atomic E-state index is 0.0146. The molecular weight excluding hydrogens is 1130 g/mol. The van der Waals surface area contributed by atoms with E-state index in [1.54, 1.807) is 12.0 Å². The number of fused-ring (bicyclic) bond motifs is 2. The number of nitrogens with two attached hydrogens (primary N) is 1. The highest BCUT2D eigenvalue weighted by molar-refractivity contribution is 6.01. The molecule has 0 spiro atoms. The molecule has 0 aliphatic carbocycles. The summed E-state index contributed by atoms with van der Waals surface area (Å²) >= 11 is 0. The van der Waals surface area contributed by atoms with E-state index < -0.39 is 60.4 Å². The van der Waals surface area contributed by atoms with E-state index in [0.29, 0.717) is 149 Å². The number of ether oxygens (including phenoxy) is 8. The minimum Gasteiger partial charge on any atom is -0.382 e. The fraction of sp³-hybridized carbons (Fsp3) is 0.623. The molecule has 8 amide bonds. The topological polar surface area (TPSA) is 329 Å². The Hall–Kier alpha value is -6.93. The van der Waals surface area contributed by atoms with E-state index in [9.17, 15) is 43.2 Å². The number of nitrogens with zero attached hydrogens (tertiary/aromatic N) is 2. The van der Waals surface area contributed by atoms with E-state index in [1.807, 2.05) is 48.5 Å². The molecule has 0 unspecified atom stereocenters. The van der Waals surface area contributed by atoms with Crippen molar-refractivity contribution in [1.82, 2.24) is 31.6 Å². The molecule has 2 aliphatic rings. The van der Waals surface area contributed by atoms with Crippen LogP contribution in [0.15, 0.2) is 48.5 Å². The van der Waals surface area contributed by atoms with Crippen molar-refractivity contribution in [2.24, 2.45) is 5.73 Å². The maximum atomic E-state index is 13.6. The molecule has 26 heteroatoms.